The smallest absolute Gasteiger partial charge is 0.0472 e. The Morgan fingerprint density at radius 3 is 2.17 bits per heavy atom. The predicted molar refractivity (Wildman–Crippen MR) is 71.7 cm³/mol. The quantitative estimate of drug-likeness (QED) is 0.865. The van der Waals surface area contributed by atoms with Crippen LogP contribution in [0.2, 0.25) is 0 Å². The van der Waals surface area contributed by atoms with E-state index in [0.29, 0.717) is 6.54 Å². The third kappa shape index (κ3) is 3.12. The Morgan fingerprint density at radius 2 is 1.61 bits per heavy atom. The Bertz CT molecular complexity index is 458. The fraction of sp³-hybridized carbons (Fsp3) is 0.286. The Balaban J connectivity index is 2.09. The topological polar surface area (TPSA) is 55.0 Å². The first-order valence-corrected chi connectivity index (χ1v) is 6.00. The van der Waals surface area contributed by atoms with E-state index >= 15 is 0 Å². The number of hydrogen-bond donors (Lipinski definition) is 1. The van der Waals surface area contributed by atoms with Gasteiger partial charge in [0, 0.05) is 43.9 Å². The molecule has 2 heterocycles. The van der Waals surface area contributed by atoms with E-state index in [2.05, 4.69) is 21.9 Å². The van der Waals surface area contributed by atoms with Crippen molar-refractivity contribution in [2.45, 2.75) is 12.6 Å². The van der Waals surface area contributed by atoms with E-state index < -0.39 is 0 Å². The lowest BCUT2D eigenvalue weighted by Crippen LogP contribution is -2.30. The van der Waals surface area contributed by atoms with E-state index in [0.717, 1.165) is 6.54 Å². The molecule has 94 valence electrons. The summed E-state index contributed by atoms with van der Waals surface area (Å²) >= 11 is 0. The summed E-state index contributed by atoms with van der Waals surface area (Å²) in [6.45, 7) is 1.44. The zero-order chi connectivity index (χ0) is 12.8. The number of rotatable bonds is 5. The predicted octanol–water partition coefficient (Wildman–Crippen LogP) is 1.61. The van der Waals surface area contributed by atoms with Crippen LogP contribution in [0.5, 0.6) is 0 Å². The van der Waals surface area contributed by atoms with E-state index in [1.807, 2.05) is 36.7 Å². The highest BCUT2D eigenvalue weighted by atomic mass is 15.1. The van der Waals surface area contributed by atoms with Crippen molar-refractivity contribution in [3.63, 3.8) is 0 Å². The summed E-state index contributed by atoms with van der Waals surface area (Å²) in [6.07, 6.45) is 7.23. The summed E-state index contributed by atoms with van der Waals surface area (Å²) < 4.78 is 0. The van der Waals surface area contributed by atoms with E-state index in [1.165, 1.54) is 11.1 Å². The van der Waals surface area contributed by atoms with Gasteiger partial charge in [-0.1, -0.05) is 0 Å². The first-order chi connectivity index (χ1) is 8.81. The first kappa shape index (κ1) is 12.7. The lowest BCUT2D eigenvalue weighted by atomic mass is 10.1. The Hall–Kier alpha value is -1.78. The third-order valence-electron chi connectivity index (χ3n) is 3.03. The monoisotopic (exact) mass is 242 g/mol. The van der Waals surface area contributed by atoms with Gasteiger partial charge in [-0.15, -0.1) is 0 Å². The molecule has 0 spiro atoms. The number of pyridine rings is 2. The molecule has 0 fully saturated rings. The largest absolute Gasteiger partial charge is 0.329 e. The normalized spacial score (nSPS) is 12.6. The van der Waals surface area contributed by atoms with Gasteiger partial charge < -0.3 is 5.73 Å². The second-order valence-electron chi connectivity index (χ2n) is 4.30. The van der Waals surface area contributed by atoms with E-state index in [9.17, 15) is 0 Å². The molecule has 0 saturated heterocycles. The number of aromatic nitrogens is 2. The van der Waals surface area contributed by atoms with Gasteiger partial charge in [-0.25, -0.2) is 0 Å². The Morgan fingerprint density at radius 1 is 1.06 bits per heavy atom. The Labute approximate surface area is 107 Å². The van der Waals surface area contributed by atoms with Crippen LogP contribution < -0.4 is 5.73 Å². The van der Waals surface area contributed by atoms with Crippen LogP contribution in [0.4, 0.5) is 0 Å². The van der Waals surface area contributed by atoms with Crippen molar-refractivity contribution in [2.75, 3.05) is 13.6 Å². The first-order valence-electron chi connectivity index (χ1n) is 6.00. The molecule has 2 aromatic heterocycles. The van der Waals surface area contributed by atoms with Gasteiger partial charge in [0.1, 0.15) is 0 Å². The molecule has 0 aliphatic carbocycles. The van der Waals surface area contributed by atoms with Crippen molar-refractivity contribution in [1.82, 2.24) is 14.9 Å². The summed E-state index contributed by atoms with van der Waals surface area (Å²) in [4.78, 5) is 10.3. The van der Waals surface area contributed by atoms with E-state index in [1.54, 1.807) is 12.4 Å². The van der Waals surface area contributed by atoms with Crippen LogP contribution in [-0.4, -0.2) is 28.5 Å². The van der Waals surface area contributed by atoms with Crippen LogP contribution in [0.3, 0.4) is 0 Å². The van der Waals surface area contributed by atoms with Crippen LogP contribution >= 0.6 is 0 Å². The fourth-order valence-electron chi connectivity index (χ4n) is 2.04. The van der Waals surface area contributed by atoms with Crippen molar-refractivity contribution in [2.24, 2.45) is 5.73 Å². The lowest BCUT2D eigenvalue weighted by Gasteiger charge is -2.27. The molecule has 4 heteroatoms. The summed E-state index contributed by atoms with van der Waals surface area (Å²) in [5, 5.41) is 0. The highest BCUT2D eigenvalue weighted by Crippen LogP contribution is 2.19. The van der Waals surface area contributed by atoms with Crippen molar-refractivity contribution < 1.29 is 0 Å². The minimum atomic E-state index is 0.209. The molecule has 2 rings (SSSR count). The van der Waals surface area contributed by atoms with Crippen LogP contribution in [0, 0.1) is 0 Å². The maximum absolute atomic E-state index is 5.88. The highest BCUT2D eigenvalue weighted by Gasteiger charge is 2.15. The summed E-state index contributed by atoms with van der Waals surface area (Å²) in [5.74, 6) is 0. The maximum Gasteiger partial charge on any atom is 0.0472 e. The molecule has 0 aromatic carbocycles. The molecule has 0 saturated carbocycles. The fourth-order valence-corrected chi connectivity index (χ4v) is 2.04. The zero-order valence-electron chi connectivity index (χ0n) is 10.5. The minimum absolute atomic E-state index is 0.209. The van der Waals surface area contributed by atoms with Gasteiger partial charge in [0.25, 0.3) is 0 Å². The molecule has 1 atom stereocenters. The number of nitrogens with two attached hydrogens (primary N) is 1. The molecule has 0 radical (unpaired) electrons. The molecule has 4 nitrogen and oxygen atoms in total. The summed E-state index contributed by atoms with van der Waals surface area (Å²) in [7, 11) is 2.08. The molecule has 2 aromatic rings. The van der Waals surface area contributed by atoms with Crippen LogP contribution in [-0.2, 0) is 6.54 Å². The molecule has 1 unspecified atom stereocenters. The summed E-state index contributed by atoms with van der Waals surface area (Å²) in [5.41, 5.74) is 8.32. The molecule has 0 aliphatic rings. The van der Waals surface area contributed by atoms with Crippen LogP contribution in [0.1, 0.15) is 17.2 Å². The zero-order valence-corrected chi connectivity index (χ0v) is 10.5. The SMILES string of the molecule is CN(Cc1ccncc1)C(CN)c1ccncc1. The highest BCUT2D eigenvalue weighted by molar-refractivity contribution is 5.17. The number of nitrogens with zero attached hydrogens (tertiary/aromatic N) is 3. The Kier molecular flexibility index (Phi) is 4.39. The van der Waals surface area contributed by atoms with Gasteiger partial charge in [0.2, 0.25) is 0 Å². The van der Waals surface area contributed by atoms with E-state index in [4.69, 9.17) is 5.73 Å². The van der Waals surface area contributed by atoms with Gasteiger partial charge in [-0.05, 0) is 42.4 Å². The van der Waals surface area contributed by atoms with Gasteiger partial charge in [0.15, 0.2) is 0 Å². The van der Waals surface area contributed by atoms with Crippen molar-refractivity contribution in [1.29, 1.82) is 0 Å². The van der Waals surface area contributed by atoms with Crippen molar-refractivity contribution in [3.8, 4) is 0 Å². The molecular formula is C14H18N4. The molecule has 0 aliphatic heterocycles. The molecule has 0 amide bonds. The maximum atomic E-state index is 5.88. The van der Waals surface area contributed by atoms with Crippen molar-refractivity contribution in [3.05, 3.63) is 60.2 Å². The number of hydrogen-bond acceptors (Lipinski definition) is 4. The average molecular weight is 242 g/mol. The third-order valence-corrected chi connectivity index (χ3v) is 3.03. The van der Waals surface area contributed by atoms with E-state index in [-0.39, 0.29) is 6.04 Å². The molecule has 18 heavy (non-hydrogen) atoms. The van der Waals surface area contributed by atoms with Crippen LogP contribution in [0.25, 0.3) is 0 Å². The van der Waals surface area contributed by atoms with Gasteiger partial charge in [-0.2, -0.15) is 0 Å². The molecular weight excluding hydrogens is 224 g/mol. The number of likely N-dealkylation sites (N-methyl/N-ethyl adjacent to an activating group) is 1. The molecule has 2 N–H and O–H groups in total. The van der Waals surface area contributed by atoms with Gasteiger partial charge >= 0.3 is 0 Å². The van der Waals surface area contributed by atoms with Gasteiger partial charge in [-0.3, -0.25) is 14.9 Å². The van der Waals surface area contributed by atoms with Gasteiger partial charge in [0.05, 0.1) is 0 Å². The van der Waals surface area contributed by atoms with Crippen molar-refractivity contribution >= 4 is 0 Å². The minimum Gasteiger partial charge on any atom is -0.329 e. The lowest BCUT2D eigenvalue weighted by molar-refractivity contribution is 0.241. The second kappa shape index (κ2) is 6.23. The molecule has 0 bridgehead atoms. The standard InChI is InChI=1S/C14H18N4/c1-18(11-12-2-6-16-7-3-12)14(10-15)13-4-8-17-9-5-13/h2-9,14H,10-11,15H2,1H3. The summed E-state index contributed by atoms with van der Waals surface area (Å²) in [6, 6.07) is 8.29. The average Bonchev–Trinajstić information content (AvgIpc) is 2.42. The second-order valence-corrected chi connectivity index (χ2v) is 4.30. The van der Waals surface area contributed by atoms with Crippen LogP contribution in [0.15, 0.2) is 49.1 Å².